The average molecular weight is 363 g/mol. The van der Waals surface area contributed by atoms with Gasteiger partial charge in [0.1, 0.15) is 5.69 Å². The van der Waals surface area contributed by atoms with Crippen LogP contribution in [0.15, 0.2) is 12.3 Å². The zero-order valence-electron chi connectivity index (χ0n) is 15.8. The zero-order chi connectivity index (χ0) is 18.9. The Morgan fingerprint density at radius 1 is 1.35 bits per heavy atom. The van der Waals surface area contributed by atoms with Crippen molar-refractivity contribution in [3.8, 4) is 0 Å². The molecule has 1 aliphatic heterocycles. The predicted octanol–water partition coefficient (Wildman–Crippen LogP) is 2.29. The zero-order valence-corrected chi connectivity index (χ0v) is 15.8. The van der Waals surface area contributed by atoms with Gasteiger partial charge >= 0.3 is 6.09 Å². The molecule has 1 aromatic heterocycles. The quantitative estimate of drug-likeness (QED) is 0.771. The van der Waals surface area contributed by atoms with Crippen LogP contribution in [0.3, 0.4) is 0 Å². The molecule has 1 fully saturated rings. The monoisotopic (exact) mass is 363 g/mol. The number of amides is 2. The second-order valence-electron chi connectivity index (χ2n) is 6.81. The first-order valence-electron chi connectivity index (χ1n) is 9.29. The van der Waals surface area contributed by atoms with Gasteiger partial charge in [-0.05, 0) is 38.2 Å². The van der Waals surface area contributed by atoms with Crippen molar-refractivity contribution < 1.29 is 14.3 Å². The first-order valence-corrected chi connectivity index (χ1v) is 9.29. The molecule has 8 heteroatoms. The van der Waals surface area contributed by atoms with Crippen molar-refractivity contribution >= 4 is 17.9 Å². The van der Waals surface area contributed by atoms with E-state index in [1.54, 1.807) is 24.1 Å². The van der Waals surface area contributed by atoms with Crippen molar-refractivity contribution in [2.75, 3.05) is 31.6 Å². The summed E-state index contributed by atoms with van der Waals surface area (Å²) < 4.78 is 5.00. The number of hydrogen-bond acceptors (Lipinski definition) is 6. The number of nitrogens with one attached hydrogen (secondary N) is 2. The van der Waals surface area contributed by atoms with Crippen LogP contribution in [0.4, 0.5) is 10.7 Å². The highest BCUT2D eigenvalue weighted by Crippen LogP contribution is 2.12. The Balaban J connectivity index is 1.82. The number of carbonyl (C=O) groups excluding carboxylic acids is 2. The van der Waals surface area contributed by atoms with E-state index in [0.717, 1.165) is 13.0 Å². The third-order valence-electron chi connectivity index (χ3n) is 4.25. The number of hydrogen-bond donors (Lipinski definition) is 2. The Morgan fingerprint density at radius 3 is 2.73 bits per heavy atom. The predicted molar refractivity (Wildman–Crippen MR) is 99.1 cm³/mol. The van der Waals surface area contributed by atoms with Crippen molar-refractivity contribution in [1.29, 1.82) is 0 Å². The summed E-state index contributed by atoms with van der Waals surface area (Å²) in [4.78, 5) is 34.2. The smallest absolute Gasteiger partial charge is 0.409 e. The van der Waals surface area contributed by atoms with E-state index in [2.05, 4.69) is 34.4 Å². The van der Waals surface area contributed by atoms with E-state index in [1.165, 1.54) is 0 Å². The number of carbonyl (C=O) groups is 2. The largest absolute Gasteiger partial charge is 0.450 e. The highest BCUT2D eigenvalue weighted by atomic mass is 16.6. The molecule has 0 unspecified atom stereocenters. The molecule has 2 heterocycles. The van der Waals surface area contributed by atoms with Gasteiger partial charge in [-0.1, -0.05) is 13.8 Å². The van der Waals surface area contributed by atoms with Gasteiger partial charge in [0.05, 0.1) is 6.61 Å². The first-order chi connectivity index (χ1) is 12.5. The fourth-order valence-corrected chi connectivity index (χ4v) is 2.72. The van der Waals surface area contributed by atoms with Crippen LogP contribution < -0.4 is 10.6 Å². The van der Waals surface area contributed by atoms with Gasteiger partial charge in [0.15, 0.2) is 0 Å². The molecular formula is C18H29N5O3. The van der Waals surface area contributed by atoms with E-state index in [0.29, 0.717) is 50.1 Å². The summed E-state index contributed by atoms with van der Waals surface area (Å²) in [6.07, 6.45) is 3.72. The molecule has 144 valence electrons. The molecule has 0 radical (unpaired) electrons. The Hall–Kier alpha value is -2.38. The van der Waals surface area contributed by atoms with E-state index in [4.69, 9.17) is 4.74 Å². The molecule has 2 amide bonds. The summed E-state index contributed by atoms with van der Waals surface area (Å²) in [6.45, 7) is 8.40. The minimum absolute atomic E-state index is 0.0282. The number of nitrogens with zero attached hydrogens (tertiary/aromatic N) is 3. The van der Waals surface area contributed by atoms with Gasteiger partial charge in [0.25, 0.3) is 5.91 Å². The lowest BCUT2D eigenvalue weighted by Crippen LogP contribution is -2.46. The lowest BCUT2D eigenvalue weighted by Gasteiger charge is -2.31. The first kappa shape index (κ1) is 19.9. The Morgan fingerprint density at radius 2 is 2.08 bits per heavy atom. The van der Waals surface area contributed by atoms with E-state index in [-0.39, 0.29) is 18.0 Å². The summed E-state index contributed by atoms with van der Waals surface area (Å²) >= 11 is 0. The van der Waals surface area contributed by atoms with E-state index >= 15 is 0 Å². The Bertz CT molecular complexity index is 600. The van der Waals surface area contributed by atoms with Crippen LogP contribution in [0.25, 0.3) is 0 Å². The van der Waals surface area contributed by atoms with E-state index < -0.39 is 0 Å². The number of likely N-dealkylation sites (tertiary alicyclic amines) is 1. The molecule has 1 saturated heterocycles. The molecule has 8 nitrogen and oxygen atoms in total. The SMILES string of the molecule is CCOC(=O)N1CCC(NC(=O)c2ccnc(NCCC(C)C)n2)CC1. The van der Waals surface area contributed by atoms with E-state index in [9.17, 15) is 9.59 Å². The molecule has 1 aliphatic rings. The van der Waals surface area contributed by atoms with Crippen molar-refractivity contribution in [3.63, 3.8) is 0 Å². The third kappa shape index (κ3) is 6.16. The third-order valence-corrected chi connectivity index (χ3v) is 4.25. The molecule has 0 spiro atoms. The standard InChI is InChI=1S/C18H29N5O3/c1-4-26-18(25)23-11-7-14(8-12-23)21-16(24)15-6-10-20-17(22-15)19-9-5-13(2)3/h6,10,13-14H,4-5,7-9,11-12H2,1-3H3,(H,21,24)(H,19,20,22). The molecule has 0 atom stereocenters. The average Bonchev–Trinajstić information content (AvgIpc) is 2.62. The van der Waals surface area contributed by atoms with Crippen molar-refractivity contribution in [2.24, 2.45) is 5.92 Å². The summed E-state index contributed by atoms with van der Waals surface area (Å²) in [5.74, 6) is 0.846. The number of piperidine rings is 1. The van der Waals surface area contributed by atoms with Crippen LogP contribution in [-0.2, 0) is 4.74 Å². The van der Waals surface area contributed by atoms with Crippen molar-refractivity contribution in [1.82, 2.24) is 20.2 Å². The van der Waals surface area contributed by atoms with Crippen LogP contribution >= 0.6 is 0 Å². The van der Waals surface area contributed by atoms with Gasteiger partial charge in [-0.3, -0.25) is 4.79 Å². The van der Waals surface area contributed by atoms with Gasteiger partial charge in [-0.25, -0.2) is 14.8 Å². The van der Waals surface area contributed by atoms with Gasteiger partial charge in [-0.2, -0.15) is 0 Å². The van der Waals surface area contributed by atoms with Gasteiger partial charge in [0.2, 0.25) is 5.95 Å². The summed E-state index contributed by atoms with van der Waals surface area (Å²) in [6, 6.07) is 1.64. The molecular weight excluding hydrogens is 334 g/mol. The Kier molecular flexibility index (Phi) is 7.62. The van der Waals surface area contributed by atoms with E-state index in [1.807, 2.05) is 0 Å². The number of anilines is 1. The van der Waals surface area contributed by atoms with Crippen molar-refractivity contribution in [3.05, 3.63) is 18.0 Å². The van der Waals surface area contributed by atoms with Crippen LogP contribution in [0.5, 0.6) is 0 Å². The fourth-order valence-electron chi connectivity index (χ4n) is 2.72. The normalized spacial score (nSPS) is 15.0. The fraction of sp³-hybridized carbons (Fsp3) is 0.667. The Labute approximate surface area is 154 Å². The number of aromatic nitrogens is 2. The number of rotatable bonds is 7. The van der Waals surface area contributed by atoms with Crippen LogP contribution in [0, 0.1) is 5.92 Å². The summed E-state index contributed by atoms with van der Waals surface area (Å²) in [5.41, 5.74) is 0.347. The topological polar surface area (TPSA) is 96.5 Å². The van der Waals surface area contributed by atoms with Gasteiger partial charge in [0, 0.05) is 31.9 Å². The molecule has 2 N–H and O–H groups in total. The second-order valence-corrected chi connectivity index (χ2v) is 6.81. The maximum atomic E-state index is 12.4. The molecule has 0 saturated carbocycles. The van der Waals surface area contributed by atoms with Crippen LogP contribution in [-0.4, -0.2) is 59.2 Å². The summed E-state index contributed by atoms with van der Waals surface area (Å²) in [7, 11) is 0. The van der Waals surface area contributed by atoms with Crippen LogP contribution in [0.2, 0.25) is 0 Å². The lowest BCUT2D eigenvalue weighted by atomic mass is 10.1. The highest BCUT2D eigenvalue weighted by molar-refractivity contribution is 5.92. The maximum Gasteiger partial charge on any atom is 0.409 e. The highest BCUT2D eigenvalue weighted by Gasteiger charge is 2.25. The minimum atomic E-state index is -0.287. The molecule has 0 aliphatic carbocycles. The molecule has 1 aromatic rings. The van der Waals surface area contributed by atoms with Gasteiger partial charge in [-0.15, -0.1) is 0 Å². The molecule has 0 aromatic carbocycles. The van der Waals surface area contributed by atoms with Crippen molar-refractivity contribution in [2.45, 2.75) is 46.1 Å². The molecule has 26 heavy (non-hydrogen) atoms. The van der Waals surface area contributed by atoms with Crippen LogP contribution in [0.1, 0.15) is 50.5 Å². The minimum Gasteiger partial charge on any atom is -0.450 e. The number of ether oxygens (including phenoxy) is 1. The maximum absolute atomic E-state index is 12.4. The summed E-state index contributed by atoms with van der Waals surface area (Å²) in [5, 5.41) is 6.14. The van der Waals surface area contributed by atoms with Gasteiger partial charge < -0.3 is 20.3 Å². The molecule has 0 bridgehead atoms. The lowest BCUT2D eigenvalue weighted by molar-refractivity contribution is 0.0856. The second kappa shape index (κ2) is 9.94. The molecule has 2 rings (SSSR count).